The van der Waals surface area contributed by atoms with Gasteiger partial charge in [0.1, 0.15) is 5.82 Å². The smallest absolute Gasteiger partial charge is 0.169 e. The van der Waals surface area contributed by atoms with Gasteiger partial charge in [0.15, 0.2) is 11.6 Å². The van der Waals surface area contributed by atoms with Crippen LogP contribution < -0.4 is 0 Å². The Morgan fingerprint density at radius 1 is 1.29 bits per heavy atom. The van der Waals surface area contributed by atoms with Gasteiger partial charge in [0, 0.05) is 47.9 Å². The number of fused-ring (bicyclic) bond motifs is 2. The highest BCUT2D eigenvalue weighted by Crippen LogP contribution is 2.38. The van der Waals surface area contributed by atoms with Crippen LogP contribution in [0.5, 0.6) is 0 Å². The van der Waals surface area contributed by atoms with Gasteiger partial charge < -0.3 is 9.88 Å². The van der Waals surface area contributed by atoms with E-state index in [-0.39, 0.29) is 23.3 Å². The van der Waals surface area contributed by atoms with E-state index in [2.05, 4.69) is 23.7 Å². The van der Waals surface area contributed by atoms with Crippen molar-refractivity contribution in [2.75, 3.05) is 19.6 Å². The number of aryl methyl sites for hydroxylation is 1. The zero-order valence-electron chi connectivity index (χ0n) is 16.6. The van der Waals surface area contributed by atoms with Crippen molar-refractivity contribution in [2.45, 2.75) is 39.5 Å². The summed E-state index contributed by atoms with van der Waals surface area (Å²) in [6, 6.07) is 5.72. The number of likely N-dealkylation sites (tertiary alicyclic amines) is 1. The molecule has 0 saturated carbocycles. The molecule has 148 valence electrons. The summed E-state index contributed by atoms with van der Waals surface area (Å²) in [4.78, 5) is 31.3. The number of aromatic amines is 1. The van der Waals surface area contributed by atoms with Gasteiger partial charge in [-0.2, -0.15) is 0 Å². The van der Waals surface area contributed by atoms with Gasteiger partial charge in [0.2, 0.25) is 0 Å². The second-order valence-electron chi connectivity index (χ2n) is 8.14. The zero-order chi connectivity index (χ0) is 19.8. The van der Waals surface area contributed by atoms with E-state index >= 15 is 0 Å². The molecule has 4 nitrogen and oxygen atoms in total. The SMILES string of the molecule is CCc1c(C)[nH]c2c1C(=O)C1CN(CCC(=O)c3ccc(F)cc3)CCC1C2. The molecule has 2 aromatic rings. The largest absolute Gasteiger partial charge is 0.362 e. The Bertz CT molecular complexity index is 900. The Morgan fingerprint density at radius 3 is 2.75 bits per heavy atom. The maximum atomic E-state index is 13.2. The number of carbonyl (C=O) groups excluding carboxylic acids is 2. The van der Waals surface area contributed by atoms with Crippen molar-refractivity contribution in [1.82, 2.24) is 9.88 Å². The van der Waals surface area contributed by atoms with Crippen LogP contribution in [0, 0.1) is 24.6 Å². The average Bonchev–Trinajstić information content (AvgIpc) is 3.02. The van der Waals surface area contributed by atoms with E-state index in [1.165, 1.54) is 29.8 Å². The number of halogens is 1. The Hall–Kier alpha value is -2.27. The Labute approximate surface area is 165 Å². The first-order chi connectivity index (χ1) is 13.5. The number of rotatable bonds is 5. The summed E-state index contributed by atoms with van der Waals surface area (Å²) in [5.74, 6) is 0.394. The van der Waals surface area contributed by atoms with Gasteiger partial charge in [-0.3, -0.25) is 9.59 Å². The molecule has 5 heteroatoms. The molecule has 28 heavy (non-hydrogen) atoms. The lowest BCUT2D eigenvalue weighted by Gasteiger charge is -2.40. The molecule has 1 N–H and O–H groups in total. The van der Waals surface area contributed by atoms with Gasteiger partial charge in [0.05, 0.1) is 0 Å². The second kappa shape index (κ2) is 7.63. The number of nitrogens with zero attached hydrogens (tertiary/aromatic N) is 1. The molecule has 2 unspecified atom stereocenters. The molecule has 1 saturated heterocycles. The van der Waals surface area contributed by atoms with Crippen molar-refractivity contribution >= 4 is 11.6 Å². The van der Waals surface area contributed by atoms with E-state index < -0.39 is 0 Å². The maximum absolute atomic E-state index is 13.2. The van der Waals surface area contributed by atoms with E-state index in [1.54, 1.807) is 0 Å². The van der Waals surface area contributed by atoms with Crippen molar-refractivity contribution in [2.24, 2.45) is 11.8 Å². The van der Waals surface area contributed by atoms with Crippen LogP contribution in [0.15, 0.2) is 24.3 Å². The molecule has 2 heterocycles. The minimum Gasteiger partial charge on any atom is -0.362 e. The second-order valence-corrected chi connectivity index (χ2v) is 8.14. The number of benzene rings is 1. The molecule has 2 aliphatic rings. The Balaban J connectivity index is 1.42. The molecule has 1 aromatic heterocycles. The molecule has 0 bridgehead atoms. The van der Waals surface area contributed by atoms with Crippen LogP contribution in [0.25, 0.3) is 0 Å². The molecule has 0 spiro atoms. The fourth-order valence-corrected chi connectivity index (χ4v) is 4.93. The number of piperidine rings is 1. The summed E-state index contributed by atoms with van der Waals surface area (Å²) in [5, 5.41) is 0. The monoisotopic (exact) mass is 382 g/mol. The van der Waals surface area contributed by atoms with Gasteiger partial charge >= 0.3 is 0 Å². The predicted octanol–water partition coefficient (Wildman–Crippen LogP) is 3.97. The van der Waals surface area contributed by atoms with Crippen molar-refractivity contribution < 1.29 is 14.0 Å². The first-order valence-electron chi connectivity index (χ1n) is 10.2. The predicted molar refractivity (Wildman–Crippen MR) is 106 cm³/mol. The maximum Gasteiger partial charge on any atom is 0.169 e. The van der Waals surface area contributed by atoms with Gasteiger partial charge in [-0.25, -0.2) is 4.39 Å². The molecule has 1 aliphatic heterocycles. The molecule has 0 amide bonds. The molecular formula is C23H27FN2O2. The van der Waals surface area contributed by atoms with Gasteiger partial charge in [-0.05, 0) is 68.5 Å². The number of nitrogens with one attached hydrogen (secondary N) is 1. The minimum absolute atomic E-state index is 0.0221. The van der Waals surface area contributed by atoms with E-state index in [4.69, 9.17) is 0 Å². The first-order valence-corrected chi connectivity index (χ1v) is 10.2. The normalized spacial score (nSPS) is 22.0. The third-order valence-corrected chi connectivity index (χ3v) is 6.46. The molecule has 1 aliphatic carbocycles. The number of carbonyl (C=O) groups is 2. The standard InChI is InChI=1S/C23H27FN2O2/c1-3-18-14(2)25-20-12-16-8-10-26(13-19(16)23(28)22(18)20)11-9-21(27)15-4-6-17(24)7-5-15/h4-7,16,19,25H,3,8-13H2,1-2H3. The zero-order valence-corrected chi connectivity index (χ0v) is 16.6. The lowest BCUT2D eigenvalue weighted by molar-refractivity contribution is 0.0651. The average molecular weight is 382 g/mol. The first kappa shape index (κ1) is 19.1. The number of ketones is 2. The lowest BCUT2D eigenvalue weighted by Crippen LogP contribution is -2.47. The Kier molecular flexibility index (Phi) is 5.19. The summed E-state index contributed by atoms with van der Waals surface area (Å²) in [6.45, 7) is 6.45. The Morgan fingerprint density at radius 2 is 2.04 bits per heavy atom. The summed E-state index contributed by atoms with van der Waals surface area (Å²) >= 11 is 0. The lowest BCUT2D eigenvalue weighted by atomic mass is 9.72. The van der Waals surface area contributed by atoms with Gasteiger partial charge in [-0.15, -0.1) is 0 Å². The topological polar surface area (TPSA) is 53.2 Å². The van der Waals surface area contributed by atoms with E-state index in [9.17, 15) is 14.0 Å². The third-order valence-electron chi connectivity index (χ3n) is 6.46. The van der Waals surface area contributed by atoms with Crippen LogP contribution in [0.4, 0.5) is 4.39 Å². The summed E-state index contributed by atoms with van der Waals surface area (Å²) in [7, 11) is 0. The van der Waals surface area contributed by atoms with Crippen molar-refractivity contribution in [3.63, 3.8) is 0 Å². The number of hydrogen-bond acceptors (Lipinski definition) is 3. The van der Waals surface area contributed by atoms with E-state index in [0.717, 1.165) is 49.3 Å². The van der Waals surface area contributed by atoms with Gasteiger partial charge in [0.25, 0.3) is 0 Å². The number of aromatic nitrogens is 1. The van der Waals surface area contributed by atoms with Crippen LogP contribution in [-0.4, -0.2) is 41.1 Å². The highest BCUT2D eigenvalue weighted by molar-refractivity contribution is 6.02. The van der Waals surface area contributed by atoms with Gasteiger partial charge in [-0.1, -0.05) is 6.92 Å². The number of H-pyrrole nitrogens is 1. The summed E-state index contributed by atoms with van der Waals surface area (Å²) < 4.78 is 13.0. The van der Waals surface area contributed by atoms with E-state index in [1.807, 2.05) is 0 Å². The van der Waals surface area contributed by atoms with Crippen LogP contribution >= 0.6 is 0 Å². The fourth-order valence-electron chi connectivity index (χ4n) is 4.93. The molecule has 0 radical (unpaired) electrons. The molecule has 1 fully saturated rings. The van der Waals surface area contributed by atoms with Crippen LogP contribution in [0.3, 0.4) is 0 Å². The molecular weight excluding hydrogens is 355 g/mol. The van der Waals surface area contributed by atoms with E-state index in [0.29, 0.717) is 24.4 Å². The summed E-state index contributed by atoms with van der Waals surface area (Å²) in [6.07, 6.45) is 3.21. The van der Waals surface area contributed by atoms with Crippen LogP contribution in [0.2, 0.25) is 0 Å². The highest BCUT2D eigenvalue weighted by atomic mass is 19.1. The fraction of sp³-hybridized carbons (Fsp3) is 0.478. The molecule has 1 aromatic carbocycles. The quantitative estimate of drug-likeness (QED) is 0.796. The number of Topliss-reactive ketones (excluding diaryl/α,β-unsaturated/α-hetero) is 2. The summed E-state index contributed by atoms with van der Waals surface area (Å²) in [5.41, 5.74) is 4.90. The number of hydrogen-bond donors (Lipinski definition) is 1. The minimum atomic E-state index is -0.333. The van der Waals surface area contributed by atoms with Crippen molar-refractivity contribution in [3.05, 3.63) is 58.2 Å². The molecule has 2 atom stereocenters. The van der Waals surface area contributed by atoms with Crippen molar-refractivity contribution in [1.29, 1.82) is 0 Å². The van der Waals surface area contributed by atoms with Crippen molar-refractivity contribution in [3.8, 4) is 0 Å². The highest BCUT2D eigenvalue weighted by Gasteiger charge is 2.41. The van der Waals surface area contributed by atoms with Crippen LogP contribution in [-0.2, 0) is 12.8 Å². The third kappa shape index (κ3) is 3.44. The van der Waals surface area contributed by atoms with Crippen LogP contribution in [0.1, 0.15) is 57.4 Å². The molecule has 4 rings (SSSR count).